The highest BCUT2D eigenvalue weighted by Crippen LogP contribution is 2.25. The summed E-state index contributed by atoms with van der Waals surface area (Å²) < 4.78 is 0.899. The lowest BCUT2D eigenvalue weighted by atomic mass is 10.3. The third kappa shape index (κ3) is 1.83. The molecule has 0 amide bonds. The highest BCUT2D eigenvalue weighted by atomic mass is 32.1. The molecule has 1 aromatic heterocycles. The molecule has 14 heavy (non-hydrogen) atoms. The minimum Gasteiger partial charge on any atom is -0.508 e. The molecule has 0 atom stereocenters. The molecular formula is C9H7NO2S2. The Kier molecular flexibility index (Phi) is 2.35. The number of thiazole rings is 1. The number of rotatable bonds is 2. The molecule has 0 saturated heterocycles. The van der Waals surface area contributed by atoms with Crippen LogP contribution >= 0.6 is 23.6 Å². The van der Waals surface area contributed by atoms with E-state index in [4.69, 9.17) is 5.11 Å². The number of aromatic nitrogens is 1. The molecule has 0 aliphatic heterocycles. The molecule has 72 valence electrons. The minimum absolute atomic E-state index is 0.0618. The van der Waals surface area contributed by atoms with E-state index in [2.05, 4.69) is 17.2 Å². The van der Waals surface area contributed by atoms with Gasteiger partial charge in [-0.2, -0.15) is 0 Å². The third-order valence-corrected chi connectivity index (χ3v) is 2.88. The quantitative estimate of drug-likeness (QED) is 0.771. The van der Waals surface area contributed by atoms with E-state index < -0.39 is 0 Å². The zero-order valence-corrected chi connectivity index (χ0v) is 8.73. The van der Waals surface area contributed by atoms with Crippen LogP contribution in [-0.4, -0.2) is 20.2 Å². The van der Waals surface area contributed by atoms with E-state index in [0.717, 1.165) is 15.2 Å². The Morgan fingerprint density at radius 3 is 3.00 bits per heavy atom. The average Bonchev–Trinajstić information content (AvgIpc) is 2.44. The van der Waals surface area contributed by atoms with E-state index in [-0.39, 0.29) is 10.8 Å². The first-order valence-corrected chi connectivity index (χ1v) is 5.18. The van der Waals surface area contributed by atoms with E-state index in [1.165, 1.54) is 11.3 Å². The Morgan fingerprint density at radius 1 is 1.50 bits per heavy atom. The fourth-order valence-corrected chi connectivity index (χ4v) is 2.40. The van der Waals surface area contributed by atoms with E-state index in [9.17, 15) is 5.11 Å². The molecule has 1 aromatic carbocycles. The number of aliphatic hydroxyl groups excluding tert-OH is 1. The van der Waals surface area contributed by atoms with Crippen molar-refractivity contribution in [1.29, 1.82) is 0 Å². The number of hydrogen-bond acceptors (Lipinski definition) is 4. The highest BCUT2D eigenvalue weighted by Gasteiger charge is 2.05. The molecule has 0 aliphatic rings. The number of aromatic hydroxyl groups is 1. The van der Waals surface area contributed by atoms with Gasteiger partial charge < -0.3 is 10.2 Å². The largest absolute Gasteiger partial charge is 0.508 e. The molecule has 0 radical (unpaired) electrons. The normalized spacial score (nSPS) is 10.6. The molecule has 0 unspecified atom stereocenters. The maximum absolute atomic E-state index is 9.23. The number of phenols is 1. The Hall–Kier alpha value is -1.20. The summed E-state index contributed by atoms with van der Waals surface area (Å²) in [4.78, 5) is 4.25. The minimum atomic E-state index is -0.0618. The van der Waals surface area contributed by atoms with Crippen molar-refractivity contribution in [3.05, 3.63) is 23.2 Å². The van der Waals surface area contributed by atoms with Crippen LogP contribution in [0.5, 0.6) is 5.75 Å². The van der Waals surface area contributed by atoms with Gasteiger partial charge in [-0.3, -0.25) is 0 Å². The van der Waals surface area contributed by atoms with Crippen molar-refractivity contribution in [2.24, 2.45) is 0 Å². The summed E-state index contributed by atoms with van der Waals surface area (Å²) in [5.41, 5.74) is 0.819. The van der Waals surface area contributed by atoms with E-state index in [1.807, 2.05) is 0 Å². The summed E-state index contributed by atoms with van der Waals surface area (Å²) in [5, 5.41) is 18.9. The van der Waals surface area contributed by atoms with Crippen LogP contribution in [0.4, 0.5) is 0 Å². The number of fused-ring (bicyclic) bond motifs is 1. The van der Waals surface area contributed by atoms with Crippen molar-refractivity contribution in [2.45, 2.75) is 6.42 Å². The van der Waals surface area contributed by atoms with Gasteiger partial charge in [0.25, 0.3) is 0 Å². The van der Waals surface area contributed by atoms with Gasteiger partial charge in [0.05, 0.1) is 16.6 Å². The van der Waals surface area contributed by atoms with Crippen molar-refractivity contribution < 1.29 is 10.2 Å². The van der Waals surface area contributed by atoms with Crippen molar-refractivity contribution in [2.75, 3.05) is 0 Å². The van der Waals surface area contributed by atoms with Crippen LogP contribution in [-0.2, 0) is 6.42 Å². The lowest BCUT2D eigenvalue weighted by Crippen LogP contribution is -1.95. The number of benzene rings is 1. The van der Waals surface area contributed by atoms with Crippen LogP contribution in [0.15, 0.2) is 18.2 Å². The topological polar surface area (TPSA) is 53.4 Å². The molecule has 3 nitrogen and oxygen atoms in total. The summed E-state index contributed by atoms with van der Waals surface area (Å²) >= 11 is 6.00. The first-order chi connectivity index (χ1) is 6.65. The van der Waals surface area contributed by atoms with E-state index in [0.29, 0.717) is 6.42 Å². The molecule has 2 aromatic rings. The molecule has 1 heterocycles. The maximum atomic E-state index is 9.23. The Labute approximate surface area is 89.7 Å². The number of hydrogen-bond donors (Lipinski definition) is 2. The van der Waals surface area contributed by atoms with Crippen molar-refractivity contribution >= 4 is 38.8 Å². The number of aliphatic hydroxyl groups is 1. The van der Waals surface area contributed by atoms with Crippen LogP contribution < -0.4 is 0 Å². The lowest BCUT2D eigenvalue weighted by Gasteiger charge is -1.88. The van der Waals surface area contributed by atoms with Crippen LogP contribution in [0.1, 0.15) is 5.01 Å². The van der Waals surface area contributed by atoms with Gasteiger partial charge in [0.15, 0.2) is 5.05 Å². The second kappa shape index (κ2) is 3.51. The van der Waals surface area contributed by atoms with Crippen molar-refractivity contribution in [3.8, 4) is 5.75 Å². The monoisotopic (exact) mass is 225 g/mol. The lowest BCUT2D eigenvalue weighted by molar-refractivity contribution is 0.476. The second-order valence-corrected chi connectivity index (χ2v) is 4.42. The Balaban J connectivity index is 2.46. The first-order valence-electron chi connectivity index (χ1n) is 3.95. The number of nitrogens with zero attached hydrogens (tertiary/aromatic N) is 1. The zero-order valence-electron chi connectivity index (χ0n) is 7.10. The van der Waals surface area contributed by atoms with Crippen molar-refractivity contribution in [3.63, 3.8) is 0 Å². The smallest absolute Gasteiger partial charge is 0.163 e. The van der Waals surface area contributed by atoms with Crippen molar-refractivity contribution in [1.82, 2.24) is 4.98 Å². The molecule has 2 rings (SSSR count). The summed E-state index contributed by atoms with van der Waals surface area (Å²) in [6.45, 7) is 0. The Morgan fingerprint density at radius 2 is 2.29 bits per heavy atom. The van der Waals surface area contributed by atoms with Gasteiger partial charge in [-0.05, 0) is 30.4 Å². The molecule has 5 heteroatoms. The summed E-state index contributed by atoms with van der Waals surface area (Å²) in [6, 6.07) is 4.98. The standard InChI is InChI=1S/C9H7NO2S2/c11-5-1-2-6-7(3-5)14-8(10-6)4-9(12)13/h1-3,11H,4H2,(H,12,13). The fourth-order valence-electron chi connectivity index (χ4n) is 1.17. The van der Waals surface area contributed by atoms with Gasteiger partial charge in [-0.25, -0.2) is 4.98 Å². The van der Waals surface area contributed by atoms with Crippen LogP contribution in [0.25, 0.3) is 10.2 Å². The third-order valence-electron chi connectivity index (χ3n) is 1.72. The Bertz CT molecular complexity index is 493. The van der Waals surface area contributed by atoms with Crippen LogP contribution in [0, 0.1) is 0 Å². The van der Waals surface area contributed by atoms with Gasteiger partial charge in [-0.15, -0.1) is 11.3 Å². The second-order valence-electron chi connectivity index (χ2n) is 2.83. The van der Waals surface area contributed by atoms with Gasteiger partial charge in [0.2, 0.25) is 0 Å². The van der Waals surface area contributed by atoms with Gasteiger partial charge in [-0.1, -0.05) is 0 Å². The highest BCUT2D eigenvalue weighted by molar-refractivity contribution is 7.80. The molecule has 0 fully saturated rings. The molecule has 0 saturated carbocycles. The zero-order chi connectivity index (χ0) is 10.1. The summed E-state index contributed by atoms with van der Waals surface area (Å²) in [6.07, 6.45) is 0.301. The van der Waals surface area contributed by atoms with Gasteiger partial charge >= 0.3 is 0 Å². The summed E-state index contributed by atoms with van der Waals surface area (Å²) in [5.74, 6) is 0.222. The van der Waals surface area contributed by atoms with E-state index >= 15 is 0 Å². The predicted molar refractivity (Wildman–Crippen MR) is 60.2 cm³/mol. The molecule has 0 bridgehead atoms. The number of phenolic OH excluding ortho intramolecular Hbond substituents is 1. The van der Waals surface area contributed by atoms with Gasteiger partial charge in [0.1, 0.15) is 10.8 Å². The maximum Gasteiger partial charge on any atom is 0.163 e. The fraction of sp³-hybridized carbons (Fsp3) is 0.111. The number of thiocarbonyl (C=S) groups is 1. The molecule has 0 aliphatic carbocycles. The molecular weight excluding hydrogens is 218 g/mol. The SMILES string of the molecule is OC(=S)Cc1nc2ccc(O)cc2s1. The first kappa shape index (κ1) is 9.36. The van der Waals surface area contributed by atoms with Gasteiger partial charge in [0, 0.05) is 0 Å². The van der Waals surface area contributed by atoms with Crippen LogP contribution in [0.2, 0.25) is 0 Å². The summed E-state index contributed by atoms with van der Waals surface area (Å²) in [7, 11) is 0. The average molecular weight is 225 g/mol. The van der Waals surface area contributed by atoms with E-state index in [1.54, 1.807) is 18.2 Å². The predicted octanol–water partition coefficient (Wildman–Crippen LogP) is 2.43. The van der Waals surface area contributed by atoms with Crippen LogP contribution in [0.3, 0.4) is 0 Å². The molecule has 2 N–H and O–H groups in total. The molecule has 0 spiro atoms.